The fourth-order valence-corrected chi connectivity index (χ4v) is 5.58. The first-order valence-corrected chi connectivity index (χ1v) is 10.0. The fraction of sp³-hybridized carbons (Fsp3) is 0.409. The monoisotopic (exact) mass is 463 g/mol. The number of rotatable bonds is 2. The number of primary amides is 1. The summed E-state index contributed by atoms with van der Waals surface area (Å²) in [6, 6.07) is 3.17. The predicted molar refractivity (Wildman–Crippen MR) is 115 cm³/mol. The van der Waals surface area contributed by atoms with Gasteiger partial charge < -0.3 is 36.7 Å². The van der Waals surface area contributed by atoms with E-state index in [0.29, 0.717) is 5.56 Å². The molecule has 3 aliphatic carbocycles. The van der Waals surface area contributed by atoms with E-state index in [2.05, 4.69) is 0 Å². The lowest BCUT2D eigenvalue weighted by atomic mass is 9.55. The van der Waals surface area contributed by atoms with E-state index in [0.717, 1.165) is 0 Å². The summed E-state index contributed by atoms with van der Waals surface area (Å²) in [6.45, 7) is 1.68. The average molecular weight is 463 g/mol. The van der Waals surface area contributed by atoms with E-state index in [9.17, 15) is 39.9 Å². The Bertz CT molecular complexity index is 1150. The summed E-state index contributed by atoms with van der Waals surface area (Å²) in [4.78, 5) is 39.8. The van der Waals surface area contributed by atoms with Crippen molar-refractivity contribution in [3.05, 3.63) is 52.0 Å². The molecule has 0 saturated carbocycles. The number of hydrogen-bond donors (Lipinski definition) is 6. The molecule has 9 N–H and O–H groups in total. The van der Waals surface area contributed by atoms with Crippen LogP contribution in [0.1, 0.15) is 30.2 Å². The van der Waals surface area contributed by atoms with E-state index in [-0.39, 0.29) is 18.2 Å². The number of Topliss-reactive ketones (excluding diaryl/α,β-unsaturated/α-hetero) is 2. The third-order valence-corrected chi connectivity index (χ3v) is 7.00. The van der Waals surface area contributed by atoms with Crippen molar-refractivity contribution < 1.29 is 46.8 Å². The number of nitrogens with zero attached hydrogens (tertiary/aromatic N) is 1. The van der Waals surface area contributed by atoms with Gasteiger partial charge in [-0.2, -0.15) is 0 Å². The van der Waals surface area contributed by atoms with E-state index < -0.39 is 75.6 Å². The number of likely N-dealkylation sites (N-methyl/N-ethyl adjacent to an activating group) is 1. The van der Waals surface area contributed by atoms with Gasteiger partial charge >= 0.3 is 1.43 Å². The second-order valence-electron chi connectivity index (χ2n) is 8.79. The first kappa shape index (κ1) is 24.4. The van der Waals surface area contributed by atoms with Gasteiger partial charge in [-0.05, 0) is 31.6 Å². The summed E-state index contributed by atoms with van der Waals surface area (Å²) >= 11 is 0. The molecule has 0 radical (unpaired) electrons. The van der Waals surface area contributed by atoms with Gasteiger partial charge in [0.15, 0.2) is 11.4 Å². The van der Waals surface area contributed by atoms with Crippen molar-refractivity contribution in [2.75, 3.05) is 14.1 Å². The topological polar surface area (TPSA) is 213 Å². The number of nitrogens with two attached hydrogens (primary N) is 1. The maximum absolute atomic E-state index is 13.3. The highest BCUT2D eigenvalue weighted by Crippen LogP contribution is 2.55. The maximum atomic E-state index is 13.3. The van der Waals surface area contributed by atoms with Gasteiger partial charge in [-0.1, -0.05) is 19.1 Å². The molecule has 178 valence electrons. The molecule has 0 bridgehead atoms. The highest BCUT2D eigenvalue weighted by atomic mass is 16.4. The fourth-order valence-electron chi connectivity index (χ4n) is 5.58. The molecule has 0 heterocycles. The Labute approximate surface area is 189 Å². The molecule has 0 aromatic heterocycles. The molecule has 0 fully saturated rings. The minimum Gasteiger partial charge on any atom is -0.510 e. The van der Waals surface area contributed by atoms with Gasteiger partial charge in [0, 0.05) is 11.5 Å². The van der Waals surface area contributed by atoms with Crippen LogP contribution in [0.3, 0.4) is 0 Å². The molecular formula is C22H27N2O9+. The normalized spacial score (nSPS) is 33.3. The van der Waals surface area contributed by atoms with Crippen LogP contribution in [0.15, 0.2) is 40.9 Å². The first-order chi connectivity index (χ1) is 14.9. The number of phenolic OH excluding ortho intramolecular Hbond substituents is 1. The number of aromatic hydroxyl groups is 1. The molecule has 0 spiro atoms. The smallest absolute Gasteiger partial charge is 0.510 e. The lowest BCUT2D eigenvalue weighted by Gasteiger charge is -2.53. The van der Waals surface area contributed by atoms with Crippen LogP contribution in [0.2, 0.25) is 0 Å². The van der Waals surface area contributed by atoms with Crippen LogP contribution >= 0.6 is 0 Å². The van der Waals surface area contributed by atoms with E-state index in [4.69, 9.17) is 5.73 Å². The number of aliphatic hydroxyl groups is 4. The largest absolute Gasteiger partial charge is 1.00 e. The Morgan fingerprint density at radius 3 is 2.33 bits per heavy atom. The zero-order valence-corrected chi connectivity index (χ0v) is 18.1. The van der Waals surface area contributed by atoms with Crippen molar-refractivity contribution in [3.63, 3.8) is 0 Å². The highest BCUT2D eigenvalue weighted by Gasteiger charge is 2.67. The Balaban J connectivity index is 0.00000204. The zero-order valence-electron chi connectivity index (χ0n) is 19.1. The quantitative estimate of drug-likeness (QED) is 0.294. The summed E-state index contributed by atoms with van der Waals surface area (Å²) in [5.41, 5.74) is 1.36. The number of carbonyl (C=O) groups excluding carboxylic acids is 3. The average Bonchev–Trinajstić information content (AvgIpc) is 2.70. The molecule has 33 heavy (non-hydrogen) atoms. The Morgan fingerprint density at radius 1 is 1.18 bits per heavy atom. The molecule has 0 saturated heterocycles. The second kappa shape index (κ2) is 7.66. The van der Waals surface area contributed by atoms with Crippen LogP contribution in [0, 0.1) is 11.8 Å². The van der Waals surface area contributed by atoms with Crippen molar-refractivity contribution in [1.82, 2.24) is 4.90 Å². The zero-order chi connectivity index (χ0) is 23.9. The number of amides is 1. The summed E-state index contributed by atoms with van der Waals surface area (Å²) < 4.78 is 0. The van der Waals surface area contributed by atoms with Gasteiger partial charge in [0.25, 0.3) is 5.91 Å². The van der Waals surface area contributed by atoms with Gasteiger partial charge in [0.2, 0.25) is 5.78 Å². The predicted octanol–water partition coefficient (Wildman–Crippen LogP) is -1.06. The number of hydrogen-bond acceptors (Lipinski definition) is 9. The Morgan fingerprint density at radius 2 is 1.79 bits per heavy atom. The Hall–Kier alpha value is -3.25. The van der Waals surface area contributed by atoms with Crippen molar-refractivity contribution in [2.45, 2.75) is 30.6 Å². The standard InChI is InChI=1S/C22H24N2O8.H2O/c1-7-8-5-4-6-9(25)11(8)16(26)12-10(7)17(27)14-15(24(2)3)18(28)13(21(23)31)20(30)22(14,32)19(12)29;/h4-7,10,14-15,17,25,27-29,32H,1-3H3,(H2,23,31);1H2/p+1/t7-,10+,14+,15-,17-,22-;/m0./s1. The van der Waals surface area contributed by atoms with E-state index >= 15 is 0 Å². The van der Waals surface area contributed by atoms with Crippen LogP contribution in [-0.4, -0.2) is 85.2 Å². The van der Waals surface area contributed by atoms with Gasteiger partial charge in [0.1, 0.15) is 22.8 Å². The van der Waals surface area contributed by atoms with Gasteiger partial charge in [-0.3, -0.25) is 19.3 Å². The first-order valence-electron chi connectivity index (χ1n) is 10.0. The minimum atomic E-state index is -2.89. The molecule has 11 nitrogen and oxygen atoms in total. The molecule has 6 atom stereocenters. The summed E-state index contributed by atoms with van der Waals surface area (Å²) in [7, 11) is 2.98. The van der Waals surface area contributed by atoms with Crippen LogP contribution in [0.5, 0.6) is 5.75 Å². The number of ketones is 2. The number of phenols is 1. The van der Waals surface area contributed by atoms with Gasteiger partial charge in [-0.15, -0.1) is 0 Å². The highest BCUT2D eigenvalue weighted by molar-refractivity contribution is 6.25. The van der Waals surface area contributed by atoms with Crippen LogP contribution < -0.4 is 5.73 Å². The van der Waals surface area contributed by atoms with Gasteiger partial charge in [0.05, 0.1) is 23.6 Å². The number of carbonyl (C=O) groups is 3. The lowest BCUT2D eigenvalue weighted by Crippen LogP contribution is -2.68. The summed E-state index contributed by atoms with van der Waals surface area (Å²) in [6.07, 6.45) is -1.59. The molecule has 1 amide bonds. The minimum absolute atomic E-state index is 0. The van der Waals surface area contributed by atoms with Crippen molar-refractivity contribution in [1.29, 1.82) is 0 Å². The molecule has 0 unspecified atom stereocenters. The summed E-state index contributed by atoms with van der Waals surface area (Å²) in [5.74, 6) is -8.86. The van der Waals surface area contributed by atoms with Crippen LogP contribution in [0.25, 0.3) is 0 Å². The number of aliphatic hydroxyl groups excluding tert-OH is 3. The third-order valence-electron chi connectivity index (χ3n) is 7.00. The molecule has 11 heteroatoms. The molecular weight excluding hydrogens is 436 g/mol. The van der Waals surface area contributed by atoms with Crippen LogP contribution in [0.4, 0.5) is 0 Å². The second-order valence-corrected chi connectivity index (χ2v) is 8.79. The van der Waals surface area contributed by atoms with Crippen LogP contribution in [-0.2, 0) is 9.59 Å². The maximum Gasteiger partial charge on any atom is 1.00 e. The van der Waals surface area contributed by atoms with E-state index in [1.807, 2.05) is 0 Å². The SMILES string of the molecule is C[C@H]1c2cccc(O)c2C(=O)C2=C(O)[C@]3(O)C(=O)C(C(N)=O)=C(O)[C@@H](N(C)C)[C@@H]3[C@@H](O)[C@@H]21.O.[H+]. The number of fused-ring (bicyclic) bond motifs is 3. The molecule has 0 aliphatic heterocycles. The van der Waals surface area contributed by atoms with Crippen molar-refractivity contribution in [3.8, 4) is 5.75 Å². The molecule has 1 aromatic carbocycles. The number of benzene rings is 1. The van der Waals surface area contributed by atoms with E-state index in [1.54, 1.807) is 19.1 Å². The molecule has 4 rings (SSSR count). The molecule has 1 aromatic rings. The third kappa shape index (κ3) is 2.86. The summed E-state index contributed by atoms with van der Waals surface area (Å²) in [5, 5.41) is 55.0. The lowest BCUT2D eigenvalue weighted by molar-refractivity contribution is -0.162. The van der Waals surface area contributed by atoms with E-state index in [1.165, 1.54) is 25.1 Å². The molecule has 3 aliphatic rings. The van der Waals surface area contributed by atoms with Gasteiger partial charge in [-0.25, -0.2) is 0 Å². The van der Waals surface area contributed by atoms with Crippen molar-refractivity contribution in [2.24, 2.45) is 17.6 Å². The van der Waals surface area contributed by atoms with Crippen molar-refractivity contribution >= 4 is 17.5 Å². The Kier molecular flexibility index (Phi) is 5.66.